The topological polar surface area (TPSA) is 94.9 Å². The summed E-state index contributed by atoms with van der Waals surface area (Å²) in [5.74, 6) is -0.786. The summed E-state index contributed by atoms with van der Waals surface area (Å²) in [7, 11) is -3.28. The Morgan fingerprint density at radius 3 is 2.44 bits per heavy atom. The minimum atomic E-state index is -3.28. The van der Waals surface area contributed by atoms with E-state index in [4.69, 9.17) is 5.11 Å². The Morgan fingerprint density at radius 2 is 2.06 bits per heavy atom. The zero-order chi connectivity index (χ0) is 12.3. The van der Waals surface area contributed by atoms with Crippen LogP contribution < -0.4 is 0 Å². The van der Waals surface area contributed by atoms with Gasteiger partial charge in [0.2, 0.25) is 5.91 Å². The molecule has 1 fully saturated rings. The summed E-state index contributed by atoms with van der Waals surface area (Å²) in [5.41, 5.74) is 0. The first-order chi connectivity index (χ1) is 7.41. The van der Waals surface area contributed by atoms with Crippen LogP contribution in [0.1, 0.15) is 13.3 Å². The summed E-state index contributed by atoms with van der Waals surface area (Å²) >= 11 is 0. The fourth-order valence-electron chi connectivity index (χ4n) is 1.89. The molecule has 0 bridgehead atoms. The van der Waals surface area contributed by atoms with Crippen molar-refractivity contribution < 1.29 is 23.4 Å². The number of sulfone groups is 1. The SMILES string of the molecule is CCC(=O)N(CCO)[C@H]1CS(=O)(=O)C[C@H]1O. The van der Waals surface area contributed by atoms with E-state index in [1.165, 1.54) is 4.90 Å². The summed E-state index contributed by atoms with van der Waals surface area (Å²) < 4.78 is 22.6. The quantitative estimate of drug-likeness (QED) is 0.626. The second kappa shape index (κ2) is 5.11. The van der Waals surface area contributed by atoms with Gasteiger partial charge in [-0.25, -0.2) is 8.42 Å². The van der Waals surface area contributed by atoms with Crippen LogP contribution in [0.15, 0.2) is 0 Å². The molecule has 16 heavy (non-hydrogen) atoms. The van der Waals surface area contributed by atoms with Gasteiger partial charge in [-0.05, 0) is 0 Å². The molecule has 1 heterocycles. The Morgan fingerprint density at radius 1 is 1.44 bits per heavy atom. The molecule has 0 aromatic heterocycles. The number of hydrogen-bond donors (Lipinski definition) is 2. The van der Waals surface area contributed by atoms with Crippen molar-refractivity contribution in [1.29, 1.82) is 0 Å². The summed E-state index contributed by atoms with van der Waals surface area (Å²) in [4.78, 5) is 12.8. The van der Waals surface area contributed by atoms with Gasteiger partial charge in [-0.1, -0.05) is 6.92 Å². The highest BCUT2D eigenvalue weighted by Crippen LogP contribution is 2.19. The van der Waals surface area contributed by atoms with Crippen LogP contribution >= 0.6 is 0 Å². The normalized spacial score (nSPS) is 27.9. The molecule has 1 aliphatic heterocycles. The van der Waals surface area contributed by atoms with Crippen molar-refractivity contribution >= 4 is 15.7 Å². The van der Waals surface area contributed by atoms with Gasteiger partial charge in [0.1, 0.15) is 0 Å². The molecule has 0 radical (unpaired) electrons. The van der Waals surface area contributed by atoms with Gasteiger partial charge in [0.15, 0.2) is 9.84 Å². The maximum absolute atomic E-state index is 11.6. The van der Waals surface area contributed by atoms with Crippen molar-refractivity contribution in [1.82, 2.24) is 4.90 Å². The van der Waals surface area contributed by atoms with E-state index < -0.39 is 22.0 Å². The third kappa shape index (κ3) is 2.93. The third-order valence-electron chi connectivity index (χ3n) is 2.66. The molecule has 94 valence electrons. The molecule has 0 saturated carbocycles. The molecule has 6 nitrogen and oxygen atoms in total. The lowest BCUT2D eigenvalue weighted by Crippen LogP contribution is -2.47. The second-order valence-corrected chi connectivity index (χ2v) is 6.03. The number of rotatable bonds is 4. The standard InChI is InChI=1S/C9H17NO5S/c1-2-9(13)10(3-4-11)7-5-16(14,15)6-8(7)12/h7-8,11-12H,2-6H2,1H3/t7-,8+/m0/s1. The van der Waals surface area contributed by atoms with Gasteiger partial charge >= 0.3 is 0 Å². The van der Waals surface area contributed by atoms with Crippen molar-refractivity contribution in [3.05, 3.63) is 0 Å². The number of aliphatic hydroxyl groups excluding tert-OH is 2. The molecule has 7 heteroatoms. The molecule has 2 N–H and O–H groups in total. The second-order valence-electron chi connectivity index (χ2n) is 3.88. The van der Waals surface area contributed by atoms with Crippen molar-refractivity contribution in [3.8, 4) is 0 Å². The third-order valence-corrected chi connectivity index (χ3v) is 4.36. The van der Waals surface area contributed by atoms with E-state index in [0.29, 0.717) is 0 Å². The number of aliphatic hydroxyl groups is 2. The highest BCUT2D eigenvalue weighted by atomic mass is 32.2. The predicted octanol–water partition coefficient (Wildman–Crippen LogP) is -1.62. The molecule has 0 aromatic carbocycles. The predicted molar refractivity (Wildman–Crippen MR) is 57.5 cm³/mol. The van der Waals surface area contributed by atoms with Crippen LogP contribution in [0.3, 0.4) is 0 Å². The lowest BCUT2D eigenvalue weighted by atomic mass is 10.1. The minimum Gasteiger partial charge on any atom is -0.395 e. The van der Waals surface area contributed by atoms with Crippen molar-refractivity contribution in [2.24, 2.45) is 0 Å². The maximum Gasteiger partial charge on any atom is 0.222 e. The zero-order valence-corrected chi connectivity index (χ0v) is 9.98. The molecule has 0 aromatic rings. The van der Waals surface area contributed by atoms with Gasteiger partial charge in [0, 0.05) is 13.0 Å². The van der Waals surface area contributed by atoms with E-state index in [1.807, 2.05) is 0 Å². The fourth-order valence-corrected chi connectivity index (χ4v) is 3.70. The van der Waals surface area contributed by atoms with Crippen LogP contribution in [-0.2, 0) is 14.6 Å². The smallest absolute Gasteiger partial charge is 0.222 e. The van der Waals surface area contributed by atoms with Gasteiger partial charge in [-0.3, -0.25) is 4.79 Å². The molecule has 0 spiro atoms. The number of hydrogen-bond acceptors (Lipinski definition) is 5. The van der Waals surface area contributed by atoms with Crippen molar-refractivity contribution in [3.63, 3.8) is 0 Å². The Bertz CT molecular complexity index is 353. The average molecular weight is 251 g/mol. The lowest BCUT2D eigenvalue weighted by molar-refractivity contribution is -0.135. The van der Waals surface area contributed by atoms with Crippen LogP contribution in [0, 0.1) is 0 Å². The first-order valence-electron chi connectivity index (χ1n) is 5.20. The maximum atomic E-state index is 11.6. The van der Waals surface area contributed by atoms with Crippen LogP contribution in [0.2, 0.25) is 0 Å². The number of amides is 1. The van der Waals surface area contributed by atoms with Crippen molar-refractivity contribution in [2.45, 2.75) is 25.5 Å². The van der Waals surface area contributed by atoms with Gasteiger partial charge in [0.25, 0.3) is 0 Å². The van der Waals surface area contributed by atoms with Crippen molar-refractivity contribution in [2.75, 3.05) is 24.7 Å². The first kappa shape index (κ1) is 13.4. The summed E-state index contributed by atoms with van der Waals surface area (Å²) in [6.45, 7) is 1.47. The van der Waals surface area contributed by atoms with E-state index >= 15 is 0 Å². The Balaban J connectivity index is 2.83. The molecule has 1 aliphatic rings. The first-order valence-corrected chi connectivity index (χ1v) is 7.02. The zero-order valence-electron chi connectivity index (χ0n) is 9.16. The summed E-state index contributed by atoms with van der Waals surface area (Å²) in [6.07, 6.45) is -0.824. The minimum absolute atomic E-state index is 0.0594. The molecule has 2 atom stereocenters. The van der Waals surface area contributed by atoms with Crippen LogP contribution in [0.4, 0.5) is 0 Å². The van der Waals surface area contributed by atoms with Crippen LogP contribution in [0.5, 0.6) is 0 Å². The van der Waals surface area contributed by atoms with Gasteiger partial charge < -0.3 is 15.1 Å². The van der Waals surface area contributed by atoms with E-state index in [2.05, 4.69) is 0 Å². The molecular formula is C9H17NO5S. The Hall–Kier alpha value is -0.660. The van der Waals surface area contributed by atoms with Gasteiger partial charge in [-0.2, -0.15) is 0 Å². The van der Waals surface area contributed by atoms with E-state index in [-0.39, 0.29) is 37.0 Å². The fraction of sp³-hybridized carbons (Fsp3) is 0.889. The van der Waals surface area contributed by atoms with Crippen LogP contribution in [0.25, 0.3) is 0 Å². The monoisotopic (exact) mass is 251 g/mol. The highest BCUT2D eigenvalue weighted by Gasteiger charge is 2.41. The summed E-state index contributed by atoms with van der Waals surface area (Å²) in [6, 6.07) is -0.718. The van der Waals surface area contributed by atoms with E-state index in [0.717, 1.165) is 0 Å². The molecule has 0 aliphatic carbocycles. The Kier molecular flexibility index (Phi) is 4.28. The highest BCUT2D eigenvalue weighted by molar-refractivity contribution is 7.91. The molecule has 1 rings (SSSR count). The Labute approximate surface area is 94.8 Å². The van der Waals surface area contributed by atoms with Gasteiger partial charge in [0.05, 0.1) is 30.3 Å². The van der Waals surface area contributed by atoms with Gasteiger partial charge in [-0.15, -0.1) is 0 Å². The van der Waals surface area contributed by atoms with E-state index in [9.17, 15) is 18.3 Å². The summed E-state index contributed by atoms with van der Waals surface area (Å²) in [5, 5.41) is 18.4. The van der Waals surface area contributed by atoms with E-state index in [1.54, 1.807) is 6.92 Å². The lowest BCUT2D eigenvalue weighted by Gasteiger charge is -2.29. The molecule has 0 unspecified atom stereocenters. The largest absolute Gasteiger partial charge is 0.395 e. The molecule has 1 amide bonds. The number of carbonyl (C=O) groups excluding carboxylic acids is 1. The van der Waals surface area contributed by atoms with Crippen LogP contribution in [-0.4, -0.2) is 66.2 Å². The molecule has 1 saturated heterocycles. The number of carbonyl (C=O) groups is 1. The number of nitrogens with zero attached hydrogens (tertiary/aromatic N) is 1. The molecular weight excluding hydrogens is 234 g/mol. The average Bonchev–Trinajstić information content (AvgIpc) is 2.47.